The molecule has 1 aromatic heterocycles. The van der Waals surface area contributed by atoms with Gasteiger partial charge in [0.2, 0.25) is 5.91 Å². The Bertz CT molecular complexity index is 783. The van der Waals surface area contributed by atoms with E-state index in [1.165, 1.54) is 44.3 Å². The minimum atomic E-state index is -4.56. The summed E-state index contributed by atoms with van der Waals surface area (Å²) in [5, 5.41) is 8.99. The molecule has 140 valence electrons. The van der Waals surface area contributed by atoms with Crippen molar-refractivity contribution < 1.29 is 32.3 Å². The van der Waals surface area contributed by atoms with Gasteiger partial charge in [0.05, 0.1) is 12.5 Å². The third-order valence-corrected chi connectivity index (χ3v) is 3.99. The lowest BCUT2D eigenvalue weighted by Crippen LogP contribution is -2.31. The van der Waals surface area contributed by atoms with E-state index < -0.39 is 30.4 Å². The predicted octanol–water partition coefficient (Wildman–Crippen LogP) is 3.98. The first-order valence-electron chi connectivity index (χ1n) is 7.77. The van der Waals surface area contributed by atoms with Crippen molar-refractivity contribution in [3.05, 3.63) is 59.0 Å². The number of benzene rings is 1. The number of hydrogen-bond acceptors (Lipinski definition) is 3. The fourth-order valence-electron chi connectivity index (χ4n) is 2.59. The van der Waals surface area contributed by atoms with Crippen molar-refractivity contribution in [1.29, 1.82) is 0 Å². The van der Waals surface area contributed by atoms with Crippen LogP contribution in [-0.4, -0.2) is 35.1 Å². The van der Waals surface area contributed by atoms with Crippen LogP contribution in [0.1, 0.15) is 39.8 Å². The van der Waals surface area contributed by atoms with Gasteiger partial charge in [-0.1, -0.05) is 30.3 Å². The highest BCUT2D eigenvalue weighted by Crippen LogP contribution is 2.37. The third kappa shape index (κ3) is 4.65. The van der Waals surface area contributed by atoms with Crippen LogP contribution in [0.5, 0.6) is 0 Å². The molecule has 0 bridgehead atoms. The molecule has 0 spiro atoms. The molecule has 1 unspecified atom stereocenters. The van der Waals surface area contributed by atoms with Gasteiger partial charge in [-0.25, -0.2) is 4.79 Å². The van der Waals surface area contributed by atoms with Gasteiger partial charge in [-0.2, -0.15) is 13.2 Å². The van der Waals surface area contributed by atoms with E-state index in [0.29, 0.717) is 0 Å². The van der Waals surface area contributed by atoms with Gasteiger partial charge in [-0.15, -0.1) is 0 Å². The molecule has 0 saturated heterocycles. The van der Waals surface area contributed by atoms with Crippen LogP contribution in [0.15, 0.2) is 40.8 Å². The molecule has 0 radical (unpaired) electrons. The van der Waals surface area contributed by atoms with Crippen LogP contribution in [0, 0.1) is 6.92 Å². The zero-order chi connectivity index (χ0) is 19.5. The molecule has 2 rings (SSSR count). The maximum atomic E-state index is 13.3. The average Bonchev–Trinajstić information content (AvgIpc) is 2.92. The average molecular weight is 369 g/mol. The Kier molecular flexibility index (Phi) is 5.74. The molecule has 0 aliphatic carbocycles. The summed E-state index contributed by atoms with van der Waals surface area (Å²) in [5.74, 6) is -3.44. The number of carboxylic acid groups (broad SMARTS) is 1. The van der Waals surface area contributed by atoms with Crippen molar-refractivity contribution in [3.63, 3.8) is 0 Å². The lowest BCUT2D eigenvalue weighted by molar-refractivity contribution is -0.160. The van der Waals surface area contributed by atoms with Crippen LogP contribution >= 0.6 is 0 Å². The largest absolute Gasteiger partial charge is 0.478 e. The number of rotatable bonds is 6. The SMILES string of the molecule is Cc1oc(CN(C)C(=O)CC(c2ccccc2)C(F)(F)F)cc1C(=O)O. The Hall–Kier alpha value is -2.77. The van der Waals surface area contributed by atoms with E-state index in [1.807, 2.05) is 0 Å². The van der Waals surface area contributed by atoms with Gasteiger partial charge >= 0.3 is 12.1 Å². The molecular formula is C18H18F3NO4. The van der Waals surface area contributed by atoms with E-state index in [2.05, 4.69) is 0 Å². The summed E-state index contributed by atoms with van der Waals surface area (Å²) in [7, 11) is 1.35. The number of alkyl halides is 3. The fraction of sp³-hybridized carbons (Fsp3) is 0.333. The zero-order valence-electron chi connectivity index (χ0n) is 14.2. The Labute approximate surface area is 148 Å². The van der Waals surface area contributed by atoms with Crippen molar-refractivity contribution in [2.45, 2.75) is 32.0 Å². The third-order valence-electron chi connectivity index (χ3n) is 3.99. The lowest BCUT2D eigenvalue weighted by Gasteiger charge is -2.23. The number of furan rings is 1. The van der Waals surface area contributed by atoms with Gasteiger partial charge < -0.3 is 14.4 Å². The minimum absolute atomic E-state index is 0.0174. The molecule has 8 heteroatoms. The number of nitrogens with zero attached hydrogens (tertiary/aromatic N) is 1. The summed E-state index contributed by atoms with van der Waals surface area (Å²) in [5.41, 5.74) is -0.0259. The van der Waals surface area contributed by atoms with Crippen LogP contribution in [0.25, 0.3) is 0 Å². The van der Waals surface area contributed by atoms with Crippen molar-refractivity contribution in [2.24, 2.45) is 0 Å². The van der Waals surface area contributed by atoms with Gasteiger partial charge in [-0.3, -0.25) is 4.79 Å². The normalized spacial score (nSPS) is 12.7. The summed E-state index contributed by atoms with van der Waals surface area (Å²) in [6.07, 6.45) is -5.30. The maximum Gasteiger partial charge on any atom is 0.396 e. The first kappa shape index (κ1) is 19.6. The molecule has 0 aliphatic heterocycles. The number of aryl methyl sites for hydroxylation is 1. The number of carbonyl (C=O) groups excluding carboxylic acids is 1. The van der Waals surface area contributed by atoms with Crippen LogP contribution in [-0.2, 0) is 11.3 Å². The molecule has 26 heavy (non-hydrogen) atoms. The second-order valence-corrected chi connectivity index (χ2v) is 5.95. The second-order valence-electron chi connectivity index (χ2n) is 5.95. The maximum absolute atomic E-state index is 13.3. The number of amides is 1. The summed E-state index contributed by atoms with van der Waals surface area (Å²) in [4.78, 5) is 24.4. The number of carboxylic acids is 1. The summed E-state index contributed by atoms with van der Waals surface area (Å²) in [6.45, 7) is 1.34. The Morgan fingerprint density at radius 2 is 1.85 bits per heavy atom. The van der Waals surface area contributed by atoms with E-state index in [4.69, 9.17) is 9.52 Å². The van der Waals surface area contributed by atoms with Gasteiger partial charge in [0.1, 0.15) is 17.1 Å². The van der Waals surface area contributed by atoms with Crippen LogP contribution < -0.4 is 0 Å². The van der Waals surface area contributed by atoms with E-state index >= 15 is 0 Å². The summed E-state index contributed by atoms with van der Waals surface area (Å²) >= 11 is 0. The molecule has 0 saturated carbocycles. The molecule has 1 heterocycles. The summed E-state index contributed by atoms with van der Waals surface area (Å²) in [6, 6.07) is 8.51. The molecule has 0 aliphatic rings. The molecule has 0 fully saturated rings. The van der Waals surface area contributed by atoms with Crippen molar-refractivity contribution in [1.82, 2.24) is 4.90 Å². The molecular weight excluding hydrogens is 351 g/mol. The summed E-state index contributed by atoms with van der Waals surface area (Å²) < 4.78 is 45.3. The van der Waals surface area contributed by atoms with Crippen molar-refractivity contribution in [2.75, 3.05) is 7.05 Å². The van der Waals surface area contributed by atoms with Crippen LogP contribution in [0.3, 0.4) is 0 Å². The molecule has 5 nitrogen and oxygen atoms in total. The predicted molar refractivity (Wildman–Crippen MR) is 86.7 cm³/mol. The van der Waals surface area contributed by atoms with E-state index in [-0.39, 0.29) is 29.2 Å². The monoisotopic (exact) mass is 369 g/mol. The van der Waals surface area contributed by atoms with Crippen molar-refractivity contribution >= 4 is 11.9 Å². The highest BCUT2D eigenvalue weighted by molar-refractivity contribution is 5.88. The molecule has 1 N–H and O–H groups in total. The van der Waals surface area contributed by atoms with Crippen LogP contribution in [0.2, 0.25) is 0 Å². The number of halogens is 3. The van der Waals surface area contributed by atoms with Crippen molar-refractivity contribution in [3.8, 4) is 0 Å². The molecule has 1 aromatic carbocycles. The van der Waals surface area contributed by atoms with Crippen LogP contribution in [0.4, 0.5) is 13.2 Å². The highest BCUT2D eigenvalue weighted by Gasteiger charge is 2.42. The topological polar surface area (TPSA) is 70.8 Å². The van der Waals surface area contributed by atoms with Gasteiger partial charge in [-0.05, 0) is 18.6 Å². The zero-order valence-corrected chi connectivity index (χ0v) is 14.2. The highest BCUT2D eigenvalue weighted by atomic mass is 19.4. The first-order valence-corrected chi connectivity index (χ1v) is 7.77. The number of aromatic carboxylic acids is 1. The second kappa shape index (κ2) is 7.63. The fourth-order valence-corrected chi connectivity index (χ4v) is 2.59. The van der Waals surface area contributed by atoms with E-state index in [0.717, 1.165) is 4.90 Å². The molecule has 1 amide bonds. The number of hydrogen-bond donors (Lipinski definition) is 1. The number of carbonyl (C=O) groups is 2. The van der Waals surface area contributed by atoms with Gasteiger partial charge in [0, 0.05) is 13.5 Å². The Balaban J connectivity index is 2.11. The molecule has 1 atom stereocenters. The van der Waals surface area contributed by atoms with E-state index in [1.54, 1.807) is 6.07 Å². The quantitative estimate of drug-likeness (QED) is 0.836. The standard InChI is InChI=1S/C18H18F3NO4/c1-11-14(17(24)25)8-13(26-11)10-22(2)16(23)9-15(18(19,20)21)12-6-4-3-5-7-12/h3-8,15H,9-10H2,1-2H3,(H,24,25). The van der Waals surface area contributed by atoms with Gasteiger partial charge in [0.15, 0.2) is 0 Å². The minimum Gasteiger partial charge on any atom is -0.478 e. The lowest BCUT2D eigenvalue weighted by atomic mass is 9.94. The first-order chi connectivity index (χ1) is 12.1. The Morgan fingerprint density at radius 1 is 1.23 bits per heavy atom. The van der Waals surface area contributed by atoms with Gasteiger partial charge in [0.25, 0.3) is 0 Å². The Morgan fingerprint density at radius 3 is 2.35 bits per heavy atom. The smallest absolute Gasteiger partial charge is 0.396 e. The van der Waals surface area contributed by atoms with E-state index in [9.17, 15) is 22.8 Å². The molecule has 2 aromatic rings.